The van der Waals surface area contributed by atoms with Crippen molar-refractivity contribution in [1.29, 1.82) is 0 Å². The molecule has 1 unspecified atom stereocenters. The van der Waals surface area contributed by atoms with Gasteiger partial charge >= 0.3 is 0 Å². The van der Waals surface area contributed by atoms with Gasteiger partial charge in [-0.3, -0.25) is 4.68 Å². The Kier molecular flexibility index (Phi) is 3.03. The first-order chi connectivity index (χ1) is 8.00. The lowest BCUT2D eigenvalue weighted by atomic mass is 9.94. The van der Waals surface area contributed by atoms with Gasteiger partial charge in [0.15, 0.2) is 0 Å². The van der Waals surface area contributed by atoms with Gasteiger partial charge in [0.05, 0.1) is 11.7 Å². The van der Waals surface area contributed by atoms with Gasteiger partial charge in [0.1, 0.15) is 0 Å². The Morgan fingerprint density at radius 3 is 2.47 bits per heavy atom. The maximum atomic E-state index is 6.35. The standard InChI is InChI=1S/C14H19N3/c1-9-6-5-7-12(10(9)2)14(15)13-8-17(4)16-11(13)3/h5-8,14H,15H2,1-4H3. The van der Waals surface area contributed by atoms with Gasteiger partial charge in [0.25, 0.3) is 0 Å². The fourth-order valence-electron chi connectivity index (χ4n) is 2.20. The van der Waals surface area contributed by atoms with Crippen molar-refractivity contribution in [3.05, 3.63) is 52.3 Å². The Morgan fingerprint density at radius 1 is 1.18 bits per heavy atom. The normalized spacial score (nSPS) is 12.8. The molecule has 0 fully saturated rings. The molecule has 0 bridgehead atoms. The summed E-state index contributed by atoms with van der Waals surface area (Å²) >= 11 is 0. The minimum absolute atomic E-state index is 0.0939. The predicted octanol–water partition coefficient (Wildman–Crippen LogP) is 2.39. The molecule has 3 heteroatoms. The minimum Gasteiger partial charge on any atom is -0.320 e. The van der Waals surface area contributed by atoms with E-state index < -0.39 is 0 Å². The van der Waals surface area contributed by atoms with E-state index in [9.17, 15) is 0 Å². The van der Waals surface area contributed by atoms with Crippen molar-refractivity contribution in [3.63, 3.8) is 0 Å². The Bertz CT molecular complexity index is 540. The van der Waals surface area contributed by atoms with Gasteiger partial charge in [-0.15, -0.1) is 0 Å². The van der Waals surface area contributed by atoms with Crippen molar-refractivity contribution in [1.82, 2.24) is 9.78 Å². The molecule has 0 saturated carbocycles. The molecule has 0 aliphatic heterocycles. The molecular formula is C14H19N3. The van der Waals surface area contributed by atoms with E-state index in [2.05, 4.69) is 37.1 Å². The van der Waals surface area contributed by atoms with E-state index in [1.165, 1.54) is 16.7 Å². The van der Waals surface area contributed by atoms with E-state index in [1.54, 1.807) is 0 Å². The summed E-state index contributed by atoms with van der Waals surface area (Å²) in [7, 11) is 1.92. The third-order valence-electron chi connectivity index (χ3n) is 3.37. The van der Waals surface area contributed by atoms with Crippen LogP contribution < -0.4 is 5.73 Å². The van der Waals surface area contributed by atoms with E-state index in [0.29, 0.717) is 0 Å². The highest BCUT2D eigenvalue weighted by atomic mass is 15.2. The average Bonchev–Trinajstić information content (AvgIpc) is 2.61. The van der Waals surface area contributed by atoms with Crippen LogP contribution in [0.15, 0.2) is 24.4 Å². The van der Waals surface area contributed by atoms with Crippen LogP contribution in [0.2, 0.25) is 0 Å². The Balaban J connectivity index is 2.47. The van der Waals surface area contributed by atoms with Gasteiger partial charge in [0.2, 0.25) is 0 Å². The van der Waals surface area contributed by atoms with Crippen LogP contribution >= 0.6 is 0 Å². The largest absolute Gasteiger partial charge is 0.320 e. The highest BCUT2D eigenvalue weighted by Crippen LogP contribution is 2.25. The van der Waals surface area contributed by atoms with E-state index in [-0.39, 0.29) is 6.04 Å². The molecule has 17 heavy (non-hydrogen) atoms. The lowest BCUT2D eigenvalue weighted by molar-refractivity contribution is 0.756. The molecule has 2 rings (SSSR count). The van der Waals surface area contributed by atoms with Crippen molar-refractivity contribution in [2.45, 2.75) is 26.8 Å². The van der Waals surface area contributed by atoms with Crippen LogP contribution in [0.25, 0.3) is 0 Å². The van der Waals surface area contributed by atoms with Crippen LogP contribution in [0.4, 0.5) is 0 Å². The Hall–Kier alpha value is -1.61. The molecule has 2 aromatic rings. The summed E-state index contributed by atoms with van der Waals surface area (Å²) in [5, 5.41) is 4.35. The fraction of sp³-hybridized carbons (Fsp3) is 0.357. The number of benzene rings is 1. The summed E-state index contributed by atoms with van der Waals surface area (Å²) in [6, 6.07) is 6.17. The van der Waals surface area contributed by atoms with Crippen LogP contribution in [-0.2, 0) is 7.05 Å². The number of nitrogens with two attached hydrogens (primary N) is 1. The first kappa shape index (κ1) is 11.9. The molecule has 0 saturated heterocycles. The number of nitrogens with zero attached hydrogens (tertiary/aromatic N) is 2. The molecule has 0 aliphatic rings. The third kappa shape index (κ3) is 2.11. The summed E-state index contributed by atoms with van der Waals surface area (Å²) in [6.45, 7) is 6.23. The molecule has 0 amide bonds. The van der Waals surface area contributed by atoms with Gasteiger partial charge in [-0.2, -0.15) is 5.10 Å². The first-order valence-electron chi connectivity index (χ1n) is 5.82. The second-order valence-corrected chi connectivity index (χ2v) is 4.61. The summed E-state index contributed by atoms with van der Waals surface area (Å²) in [5.74, 6) is 0. The van der Waals surface area contributed by atoms with Gasteiger partial charge in [0, 0.05) is 18.8 Å². The number of rotatable bonds is 2. The van der Waals surface area contributed by atoms with Gasteiger partial charge in [-0.25, -0.2) is 0 Å². The van der Waals surface area contributed by atoms with Gasteiger partial charge in [-0.1, -0.05) is 18.2 Å². The fourth-order valence-corrected chi connectivity index (χ4v) is 2.20. The van der Waals surface area contributed by atoms with Crippen LogP contribution in [0.5, 0.6) is 0 Å². The van der Waals surface area contributed by atoms with Crippen molar-refractivity contribution < 1.29 is 0 Å². The highest BCUT2D eigenvalue weighted by Gasteiger charge is 2.16. The zero-order valence-electron chi connectivity index (χ0n) is 10.9. The zero-order chi connectivity index (χ0) is 12.6. The van der Waals surface area contributed by atoms with E-state index in [0.717, 1.165) is 11.3 Å². The summed E-state index contributed by atoms with van der Waals surface area (Å²) in [5.41, 5.74) is 12.2. The summed E-state index contributed by atoms with van der Waals surface area (Å²) < 4.78 is 1.82. The third-order valence-corrected chi connectivity index (χ3v) is 3.37. The molecule has 1 aromatic heterocycles. The molecule has 3 nitrogen and oxygen atoms in total. The van der Waals surface area contributed by atoms with Crippen LogP contribution in [0.3, 0.4) is 0 Å². The molecule has 0 spiro atoms. The second-order valence-electron chi connectivity index (χ2n) is 4.61. The maximum absolute atomic E-state index is 6.35. The number of hydrogen-bond donors (Lipinski definition) is 1. The molecule has 90 valence electrons. The van der Waals surface area contributed by atoms with Crippen molar-refractivity contribution in [2.75, 3.05) is 0 Å². The smallest absolute Gasteiger partial charge is 0.0644 e. The van der Waals surface area contributed by atoms with E-state index in [4.69, 9.17) is 5.73 Å². The van der Waals surface area contributed by atoms with Crippen LogP contribution in [0, 0.1) is 20.8 Å². The Morgan fingerprint density at radius 2 is 1.88 bits per heavy atom. The molecule has 2 N–H and O–H groups in total. The first-order valence-corrected chi connectivity index (χ1v) is 5.82. The molecular weight excluding hydrogens is 210 g/mol. The topological polar surface area (TPSA) is 43.8 Å². The molecule has 0 radical (unpaired) electrons. The molecule has 1 aromatic carbocycles. The van der Waals surface area contributed by atoms with Crippen LogP contribution in [0.1, 0.15) is 34.0 Å². The van der Waals surface area contributed by atoms with Crippen molar-refractivity contribution in [2.24, 2.45) is 12.8 Å². The quantitative estimate of drug-likeness (QED) is 0.859. The lowest BCUT2D eigenvalue weighted by Gasteiger charge is -2.15. The monoisotopic (exact) mass is 229 g/mol. The highest BCUT2D eigenvalue weighted by molar-refractivity contribution is 5.40. The maximum Gasteiger partial charge on any atom is 0.0644 e. The van der Waals surface area contributed by atoms with Crippen LogP contribution in [-0.4, -0.2) is 9.78 Å². The number of hydrogen-bond acceptors (Lipinski definition) is 2. The zero-order valence-corrected chi connectivity index (χ0v) is 10.9. The van der Waals surface area contributed by atoms with Gasteiger partial charge in [-0.05, 0) is 37.5 Å². The minimum atomic E-state index is -0.0939. The van der Waals surface area contributed by atoms with Crippen molar-refractivity contribution >= 4 is 0 Å². The molecule has 1 heterocycles. The summed E-state index contributed by atoms with van der Waals surface area (Å²) in [4.78, 5) is 0. The second kappa shape index (κ2) is 4.34. The van der Waals surface area contributed by atoms with Crippen molar-refractivity contribution in [3.8, 4) is 0 Å². The SMILES string of the molecule is Cc1cccc(C(N)c2cn(C)nc2C)c1C. The lowest BCUT2D eigenvalue weighted by Crippen LogP contribution is -2.14. The van der Waals surface area contributed by atoms with Gasteiger partial charge < -0.3 is 5.73 Å². The summed E-state index contributed by atoms with van der Waals surface area (Å²) in [6.07, 6.45) is 2.00. The van der Waals surface area contributed by atoms with E-state index in [1.807, 2.05) is 24.9 Å². The predicted molar refractivity (Wildman–Crippen MR) is 69.9 cm³/mol. The molecule has 1 atom stereocenters. The molecule has 0 aliphatic carbocycles. The number of aromatic nitrogens is 2. The van der Waals surface area contributed by atoms with E-state index >= 15 is 0 Å². The number of aryl methyl sites for hydroxylation is 3. The average molecular weight is 229 g/mol. The Labute approximate surface area is 102 Å².